The molecule has 0 saturated carbocycles. The molecule has 0 radical (unpaired) electrons. The van der Waals surface area contributed by atoms with E-state index >= 15 is 0 Å². The van der Waals surface area contributed by atoms with Gasteiger partial charge >= 0.3 is 12.3 Å². The van der Waals surface area contributed by atoms with Gasteiger partial charge in [0, 0.05) is 0 Å². The van der Waals surface area contributed by atoms with E-state index < -0.39 is 24.8 Å². The zero-order valence-corrected chi connectivity index (χ0v) is 6.58. The lowest BCUT2D eigenvalue weighted by Gasteiger charge is -2.20. The lowest BCUT2D eigenvalue weighted by atomic mass is 10.4. The van der Waals surface area contributed by atoms with E-state index in [-0.39, 0.29) is 0 Å². The number of rotatable bonds is 3. The molecule has 0 aliphatic carbocycles. The van der Waals surface area contributed by atoms with E-state index in [1.54, 1.807) is 0 Å². The molecule has 0 aliphatic rings. The van der Waals surface area contributed by atoms with Gasteiger partial charge < -0.3 is 4.74 Å². The van der Waals surface area contributed by atoms with Gasteiger partial charge in [-0.15, -0.1) is 0 Å². The fraction of sp³-hybridized carbons (Fsp3) is 1.00. The third-order valence-electron chi connectivity index (χ3n) is 0.814. The Labute approximate surface area is 66.5 Å². The van der Waals surface area contributed by atoms with E-state index in [4.69, 9.17) is 0 Å². The van der Waals surface area contributed by atoms with Gasteiger partial charge in [0.05, 0.1) is 6.10 Å². The molecule has 0 spiro atoms. The largest absolute Gasteiger partial charge is 0.397 e. The van der Waals surface area contributed by atoms with Gasteiger partial charge in [0.25, 0.3) is 0 Å². The molecule has 0 atom stereocenters. The van der Waals surface area contributed by atoms with E-state index in [0.717, 1.165) is 0 Å². The van der Waals surface area contributed by atoms with Crippen molar-refractivity contribution in [2.24, 2.45) is 0 Å². The summed E-state index contributed by atoms with van der Waals surface area (Å²) in [6.45, 7) is 2.48. The predicted molar refractivity (Wildman–Crippen MR) is 31.8 cm³/mol. The second-order valence-electron chi connectivity index (χ2n) is 2.60. The molecule has 0 N–H and O–H groups in total. The van der Waals surface area contributed by atoms with Crippen LogP contribution in [-0.2, 0) is 4.74 Å². The Bertz CT molecular complexity index is 139. The topological polar surface area (TPSA) is 9.23 Å². The minimum Gasteiger partial charge on any atom is -0.317 e. The van der Waals surface area contributed by atoms with E-state index in [1.165, 1.54) is 13.8 Å². The summed E-state index contributed by atoms with van der Waals surface area (Å²) in [5.41, 5.74) is 0. The summed E-state index contributed by atoms with van der Waals surface area (Å²) in [5, 5.41) is 0. The van der Waals surface area contributed by atoms with Crippen molar-refractivity contribution in [1.29, 1.82) is 0 Å². The maximum Gasteiger partial charge on any atom is 0.397 e. The number of halogens is 5. The fourth-order valence-corrected chi connectivity index (χ4v) is 0.620. The zero-order valence-electron chi connectivity index (χ0n) is 6.58. The third-order valence-corrected chi connectivity index (χ3v) is 0.814. The van der Waals surface area contributed by atoms with Gasteiger partial charge in [0.1, 0.15) is 6.42 Å². The van der Waals surface area contributed by atoms with Gasteiger partial charge in [-0.2, -0.15) is 22.0 Å². The monoisotopic (exact) mass is 192 g/mol. The smallest absolute Gasteiger partial charge is 0.317 e. The Kier molecular flexibility index (Phi) is 3.44. The highest BCUT2D eigenvalue weighted by atomic mass is 19.4. The fourth-order valence-electron chi connectivity index (χ4n) is 0.620. The van der Waals surface area contributed by atoms with E-state index in [9.17, 15) is 22.0 Å². The highest BCUT2D eigenvalue weighted by molar-refractivity contribution is 4.61. The van der Waals surface area contributed by atoms with E-state index in [1.807, 2.05) is 0 Å². The first kappa shape index (κ1) is 11.6. The van der Waals surface area contributed by atoms with Crippen LogP contribution in [0.3, 0.4) is 0 Å². The molecule has 0 fully saturated rings. The average molecular weight is 192 g/mol. The van der Waals surface area contributed by atoms with Crippen molar-refractivity contribution in [3.8, 4) is 0 Å². The molecule has 0 aliphatic heterocycles. The van der Waals surface area contributed by atoms with Crippen LogP contribution in [0.1, 0.15) is 20.3 Å². The standard InChI is InChI=1S/C6H9F5O/c1-4(2)12-6(10,11)3-5(7,8)9/h4H,3H2,1-2H3. The van der Waals surface area contributed by atoms with Crippen molar-refractivity contribution in [2.45, 2.75) is 38.7 Å². The molecule has 0 aromatic carbocycles. The number of alkyl halides is 5. The number of hydrogen-bond acceptors (Lipinski definition) is 1. The highest BCUT2D eigenvalue weighted by Crippen LogP contribution is 2.32. The van der Waals surface area contributed by atoms with Crippen LogP contribution in [0.5, 0.6) is 0 Å². The van der Waals surface area contributed by atoms with Crippen LogP contribution in [0, 0.1) is 0 Å². The summed E-state index contributed by atoms with van der Waals surface area (Å²) in [7, 11) is 0. The van der Waals surface area contributed by atoms with Gasteiger partial charge in [-0.3, -0.25) is 0 Å². The minimum atomic E-state index is -4.90. The number of hydrogen-bond donors (Lipinski definition) is 0. The first-order valence-electron chi connectivity index (χ1n) is 3.25. The second-order valence-corrected chi connectivity index (χ2v) is 2.60. The molecular weight excluding hydrogens is 183 g/mol. The Morgan fingerprint density at radius 3 is 1.75 bits per heavy atom. The molecule has 0 aromatic rings. The maximum atomic E-state index is 12.2. The SMILES string of the molecule is CC(C)OC(F)(F)CC(F)(F)F. The molecule has 6 heteroatoms. The molecular formula is C6H9F5O. The lowest BCUT2D eigenvalue weighted by Crippen LogP contribution is -2.31. The Hall–Kier alpha value is -0.390. The van der Waals surface area contributed by atoms with Crippen molar-refractivity contribution in [2.75, 3.05) is 0 Å². The van der Waals surface area contributed by atoms with E-state index in [0.29, 0.717) is 0 Å². The van der Waals surface area contributed by atoms with E-state index in [2.05, 4.69) is 4.74 Å². The Morgan fingerprint density at radius 2 is 1.50 bits per heavy atom. The maximum absolute atomic E-state index is 12.2. The quantitative estimate of drug-likeness (QED) is 0.624. The third kappa shape index (κ3) is 6.33. The van der Waals surface area contributed by atoms with Gasteiger partial charge in [-0.1, -0.05) is 0 Å². The molecule has 74 valence electrons. The summed E-state index contributed by atoms with van der Waals surface area (Å²) >= 11 is 0. The van der Waals surface area contributed by atoms with Crippen molar-refractivity contribution in [1.82, 2.24) is 0 Å². The molecule has 0 unspecified atom stereocenters. The molecule has 0 bridgehead atoms. The Morgan fingerprint density at radius 1 is 1.08 bits per heavy atom. The van der Waals surface area contributed by atoms with Gasteiger partial charge in [0.15, 0.2) is 0 Å². The predicted octanol–water partition coefficient (Wildman–Crippen LogP) is 2.96. The van der Waals surface area contributed by atoms with Gasteiger partial charge in [-0.25, -0.2) is 0 Å². The van der Waals surface area contributed by atoms with Crippen LogP contribution in [-0.4, -0.2) is 18.4 Å². The molecule has 0 heterocycles. The highest BCUT2D eigenvalue weighted by Gasteiger charge is 2.45. The molecule has 0 amide bonds. The average Bonchev–Trinajstić information content (AvgIpc) is 1.48. The van der Waals surface area contributed by atoms with Crippen LogP contribution in [0.25, 0.3) is 0 Å². The normalized spacial score (nSPS) is 14.0. The van der Waals surface area contributed by atoms with Crippen molar-refractivity contribution in [3.63, 3.8) is 0 Å². The molecule has 0 rings (SSSR count). The Balaban J connectivity index is 4.04. The first-order valence-corrected chi connectivity index (χ1v) is 3.25. The van der Waals surface area contributed by atoms with Crippen molar-refractivity contribution in [3.05, 3.63) is 0 Å². The molecule has 0 saturated heterocycles. The summed E-state index contributed by atoms with van der Waals surface area (Å²) < 4.78 is 62.5. The van der Waals surface area contributed by atoms with Crippen LogP contribution >= 0.6 is 0 Å². The van der Waals surface area contributed by atoms with Crippen LogP contribution in [0.15, 0.2) is 0 Å². The van der Waals surface area contributed by atoms with Crippen LogP contribution in [0.2, 0.25) is 0 Å². The summed E-state index contributed by atoms with van der Waals surface area (Å²) in [6, 6.07) is 0. The second kappa shape index (κ2) is 3.55. The summed E-state index contributed by atoms with van der Waals surface area (Å²) in [5.74, 6) is 0. The van der Waals surface area contributed by atoms with Crippen molar-refractivity contribution < 1.29 is 26.7 Å². The summed E-state index contributed by atoms with van der Waals surface area (Å²) in [6.07, 6.45) is -12.2. The lowest BCUT2D eigenvalue weighted by molar-refractivity contribution is -0.304. The molecule has 12 heavy (non-hydrogen) atoms. The van der Waals surface area contributed by atoms with Crippen LogP contribution in [0.4, 0.5) is 22.0 Å². The van der Waals surface area contributed by atoms with Crippen LogP contribution < -0.4 is 0 Å². The first-order chi connectivity index (χ1) is 5.12. The van der Waals surface area contributed by atoms with Crippen molar-refractivity contribution >= 4 is 0 Å². The van der Waals surface area contributed by atoms with Gasteiger partial charge in [-0.05, 0) is 13.8 Å². The molecule has 0 aromatic heterocycles. The zero-order chi connectivity index (χ0) is 9.99. The summed E-state index contributed by atoms with van der Waals surface area (Å²) in [4.78, 5) is 0. The number of ether oxygens (including phenoxy) is 1. The van der Waals surface area contributed by atoms with Gasteiger partial charge in [0.2, 0.25) is 0 Å². The molecule has 1 nitrogen and oxygen atoms in total. The minimum absolute atomic E-state index is 0.928.